The molecule has 2 unspecified atom stereocenters. The first-order valence-corrected chi connectivity index (χ1v) is 10.8. The van der Waals surface area contributed by atoms with Gasteiger partial charge in [-0.15, -0.1) is 0 Å². The topological polar surface area (TPSA) is 78.8 Å². The second-order valence-corrected chi connectivity index (χ2v) is 7.92. The van der Waals surface area contributed by atoms with Crippen LogP contribution in [0.2, 0.25) is 0 Å². The van der Waals surface area contributed by atoms with Crippen LogP contribution in [-0.2, 0) is 4.74 Å². The molecule has 32 heavy (non-hydrogen) atoms. The number of alkyl carbamates (subject to hydrolysis) is 1. The van der Waals surface area contributed by atoms with E-state index in [0.717, 1.165) is 16.7 Å². The lowest BCUT2D eigenvalue weighted by Gasteiger charge is -2.19. The van der Waals surface area contributed by atoms with E-state index in [4.69, 9.17) is 4.74 Å². The molecule has 164 valence electrons. The van der Waals surface area contributed by atoms with Crippen LogP contribution in [0.5, 0.6) is 0 Å². The molecule has 3 aromatic carbocycles. The van der Waals surface area contributed by atoms with E-state index < -0.39 is 18.3 Å². The summed E-state index contributed by atoms with van der Waals surface area (Å²) in [5.74, 6) is -0.000833. The van der Waals surface area contributed by atoms with Crippen molar-refractivity contribution in [2.24, 2.45) is 0 Å². The van der Waals surface area contributed by atoms with Crippen molar-refractivity contribution in [3.05, 3.63) is 102 Å². The summed E-state index contributed by atoms with van der Waals surface area (Å²) in [5.41, 5.74) is 6.22. The summed E-state index contributed by atoms with van der Waals surface area (Å²) in [4.78, 5) is 12.2. The van der Waals surface area contributed by atoms with Crippen molar-refractivity contribution in [2.45, 2.75) is 24.5 Å². The minimum atomic E-state index is -1.03. The van der Waals surface area contributed by atoms with Crippen LogP contribution in [0, 0.1) is 0 Å². The second-order valence-electron chi connectivity index (χ2n) is 7.92. The molecule has 3 N–H and O–H groups in total. The summed E-state index contributed by atoms with van der Waals surface area (Å²) in [7, 11) is 0. The summed E-state index contributed by atoms with van der Waals surface area (Å²) >= 11 is 0. The van der Waals surface area contributed by atoms with Crippen LogP contribution in [-0.4, -0.2) is 35.6 Å². The Bertz CT molecular complexity index is 1050. The molecule has 1 amide bonds. The lowest BCUT2D eigenvalue weighted by molar-refractivity contribution is 0.0136. The molecule has 0 saturated carbocycles. The lowest BCUT2D eigenvalue weighted by Crippen LogP contribution is -2.30. The smallest absolute Gasteiger partial charge is 0.407 e. The Balaban J connectivity index is 1.27. The number of nitrogens with one attached hydrogen (secondary N) is 1. The van der Waals surface area contributed by atoms with Gasteiger partial charge in [-0.2, -0.15) is 0 Å². The minimum absolute atomic E-state index is 0.000833. The number of amides is 1. The molecule has 4 rings (SSSR count). The third-order valence-corrected chi connectivity index (χ3v) is 5.93. The Morgan fingerprint density at radius 1 is 0.969 bits per heavy atom. The van der Waals surface area contributed by atoms with Gasteiger partial charge in [0.2, 0.25) is 0 Å². The molecule has 5 nitrogen and oxygen atoms in total. The highest BCUT2D eigenvalue weighted by Crippen LogP contribution is 2.44. The van der Waals surface area contributed by atoms with Gasteiger partial charge in [0.1, 0.15) is 12.7 Å². The number of carbonyl (C=O) groups is 1. The Morgan fingerprint density at radius 3 is 2.16 bits per heavy atom. The molecule has 1 aliphatic carbocycles. The third-order valence-electron chi connectivity index (χ3n) is 5.93. The van der Waals surface area contributed by atoms with Gasteiger partial charge in [0.15, 0.2) is 0 Å². The van der Waals surface area contributed by atoms with Crippen molar-refractivity contribution in [3.63, 3.8) is 0 Å². The van der Waals surface area contributed by atoms with E-state index >= 15 is 0 Å². The van der Waals surface area contributed by atoms with Gasteiger partial charge in [0.25, 0.3) is 0 Å². The monoisotopic (exact) mass is 429 g/mol. The number of fused-ring (bicyclic) bond motifs is 3. The predicted molar refractivity (Wildman–Crippen MR) is 125 cm³/mol. The average Bonchev–Trinajstić information content (AvgIpc) is 3.16. The zero-order valence-electron chi connectivity index (χ0n) is 17.8. The van der Waals surface area contributed by atoms with Gasteiger partial charge in [0, 0.05) is 12.5 Å². The summed E-state index contributed by atoms with van der Waals surface area (Å²) < 4.78 is 5.49. The number of carbonyl (C=O) groups excluding carboxylic acids is 1. The van der Waals surface area contributed by atoms with Crippen LogP contribution in [0.4, 0.5) is 4.79 Å². The molecular weight excluding hydrogens is 402 g/mol. The molecule has 3 aromatic rings. The van der Waals surface area contributed by atoms with E-state index in [1.54, 1.807) is 18.2 Å². The molecule has 1 aliphatic rings. The molecule has 0 saturated heterocycles. The van der Waals surface area contributed by atoms with E-state index in [1.165, 1.54) is 11.1 Å². The number of benzene rings is 3. The van der Waals surface area contributed by atoms with E-state index in [9.17, 15) is 15.0 Å². The van der Waals surface area contributed by atoms with Crippen LogP contribution >= 0.6 is 0 Å². The summed E-state index contributed by atoms with van der Waals surface area (Å²) in [6.45, 7) is 4.13. The van der Waals surface area contributed by atoms with Crippen molar-refractivity contribution in [1.29, 1.82) is 0 Å². The van der Waals surface area contributed by atoms with Crippen LogP contribution in [0.1, 0.15) is 40.7 Å². The van der Waals surface area contributed by atoms with Crippen molar-refractivity contribution in [1.82, 2.24) is 5.32 Å². The minimum Gasteiger partial charge on any atom is -0.449 e. The third kappa shape index (κ3) is 4.59. The standard InChI is InChI=1S/C27H27NO4/c1-2-18-11-13-19(14-12-18)26(30)25(29)15-16-28-27(31)32-17-24-22-9-5-3-7-20(22)21-8-4-6-10-23(21)24/h2-14,24-26,29-30H,1,15-17H2,(H,28,31). The fourth-order valence-electron chi connectivity index (χ4n) is 4.18. The first kappa shape index (κ1) is 21.8. The Hall–Kier alpha value is -3.41. The SMILES string of the molecule is C=Cc1ccc(C(O)C(O)CCNC(=O)OCC2c3ccccc3-c3ccccc32)cc1. The Kier molecular flexibility index (Phi) is 6.69. The highest BCUT2D eigenvalue weighted by molar-refractivity contribution is 5.79. The molecular formula is C27H27NO4. The second kappa shape index (κ2) is 9.81. The summed E-state index contributed by atoms with van der Waals surface area (Å²) in [6.07, 6.45) is -0.653. The van der Waals surface area contributed by atoms with Gasteiger partial charge >= 0.3 is 6.09 Å². The zero-order valence-corrected chi connectivity index (χ0v) is 17.8. The van der Waals surface area contributed by atoms with Crippen molar-refractivity contribution in [2.75, 3.05) is 13.2 Å². The molecule has 0 bridgehead atoms. The number of rotatable bonds is 8. The summed E-state index contributed by atoms with van der Waals surface area (Å²) in [5, 5.41) is 23.3. The molecule has 0 spiro atoms. The van der Waals surface area contributed by atoms with Crippen LogP contribution < -0.4 is 5.32 Å². The molecule has 0 heterocycles. The highest BCUT2D eigenvalue weighted by atomic mass is 16.5. The maximum absolute atomic E-state index is 12.2. The Labute approximate surface area is 188 Å². The van der Waals surface area contributed by atoms with Gasteiger partial charge in [-0.1, -0.05) is 85.5 Å². The predicted octanol–water partition coefficient (Wildman–Crippen LogP) is 4.65. The van der Waals surface area contributed by atoms with E-state index in [0.29, 0.717) is 5.56 Å². The van der Waals surface area contributed by atoms with Crippen LogP contribution in [0.3, 0.4) is 0 Å². The lowest BCUT2D eigenvalue weighted by atomic mass is 9.98. The van der Waals surface area contributed by atoms with Gasteiger partial charge in [-0.3, -0.25) is 0 Å². The fraction of sp³-hybridized carbons (Fsp3) is 0.222. The van der Waals surface area contributed by atoms with E-state index in [1.807, 2.05) is 36.4 Å². The first-order chi connectivity index (χ1) is 15.6. The number of ether oxygens (including phenoxy) is 1. The number of aliphatic hydroxyl groups excluding tert-OH is 2. The first-order valence-electron chi connectivity index (χ1n) is 10.8. The molecule has 0 aromatic heterocycles. The zero-order chi connectivity index (χ0) is 22.5. The quantitative estimate of drug-likeness (QED) is 0.487. The fourth-order valence-corrected chi connectivity index (χ4v) is 4.18. The number of hydrogen-bond donors (Lipinski definition) is 3. The average molecular weight is 430 g/mol. The molecule has 5 heteroatoms. The van der Waals surface area contributed by atoms with Crippen molar-refractivity contribution < 1.29 is 19.7 Å². The van der Waals surface area contributed by atoms with Gasteiger partial charge in [-0.05, 0) is 39.8 Å². The molecule has 0 fully saturated rings. The summed E-state index contributed by atoms with van der Waals surface area (Å²) in [6, 6.07) is 23.5. The van der Waals surface area contributed by atoms with Crippen LogP contribution in [0.25, 0.3) is 17.2 Å². The maximum Gasteiger partial charge on any atom is 0.407 e. The molecule has 2 atom stereocenters. The normalized spacial score (nSPS) is 14.2. The Morgan fingerprint density at radius 2 is 1.56 bits per heavy atom. The number of aliphatic hydroxyl groups is 2. The van der Waals surface area contributed by atoms with Gasteiger partial charge < -0.3 is 20.3 Å². The molecule has 0 radical (unpaired) electrons. The van der Waals surface area contributed by atoms with Crippen molar-refractivity contribution >= 4 is 12.2 Å². The van der Waals surface area contributed by atoms with Crippen molar-refractivity contribution in [3.8, 4) is 11.1 Å². The largest absolute Gasteiger partial charge is 0.449 e. The van der Waals surface area contributed by atoms with Gasteiger partial charge in [0.05, 0.1) is 6.10 Å². The van der Waals surface area contributed by atoms with Gasteiger partial charge in [-0.25, -0.2) is 4.79 Å². The molecule has 0 aliphatic heterocycles. The van der Waals surface area contributed by atoms with E-state index in [-0.39, 0.29) is 25.5 Å². The highest BCUT2D eigenvalue weighted by Gasteiger charge is 2.29. The van der Waals surface area contributed by atoms with Crippen LogP contribution in [0.15, 0.2) is 79.4 Å². The maximum atomic E-state index is 12.2. The van der Waals surface area contributed by atoms with E-state index in [2.05, 4.69) is 36.2 Å². The number of hydrogen-bond acceptors (Lipinski definition) is 4.